The molecule has 0 fully saturated rings. The van der Waals surface area contributed by atoms with Crippen LogP contribution in [0.4, 0.5) is 0 Å². The molecular formula is C16H28N2O4. The fourth-order valence-corrected chi connectivity index (χ4v) is 1.55. The molecule has 0 aromatic carbocycles. The Morgan fingerprint density at radius 1 is 0.727 bits per heavy atom. The molecule has 0 spiro atoms. The molecule has 0 aromatic heterocycles. The van der Waals surface area contributed by atoms with Crippen molar-refractivity contribution in [2.75, 3.05) is 26.3 Å². The van der Waals surface area contributed by atoms with Crippen LogP contribution in [0.1, 0.15) is 41.5 Å². The Morgan fingerprint density at radius 3 is 1.32 bits per heavy atom. The van der Waals surface area contributed by atoms with Crippen molar-refractivity contribution in [3.63, 3.8) is 0 Å². The van der Waals surface area contributed by atoms with E-state index in [1.807, 2.05) is 13.8 Å². The number of nitrogens with one attached hydrogen (secondary N) is 2. The van der Waals surface area contributed by atoms with Crippen LogP contribution in [0.2, 0.25) is 0 Å². The predicted octanol–water partition coefficient (Wildman–Crippen LogP) is 1.88. The molecule has 0 heterocycles. The largest absolute Gasteiger partial charge is 0.463 e. The molecule has 0 aliphatic heterocycles. The molecule has 0 aliphatic rings. The summed E-state index contributed by atoms with van der Waals surface area (Å²) in [5, 5.41) is 6.30. The average molecular weight is 312 g/mol. The first kappa shape index (κ1) is 20.0. The number of hydrogen-bond acceptors (Lipinski definition) is 6. The molecule has 0 rings (SSSR count). The van der Waals surface area contributed by atoms with Gasteiger partial charge in [-0.3, -0.25) is 0 Å². The molecule has 0 aromatic rings. The summed E-state index contributed by atoms with van der Waals surface area (Å²) in [6, 6.07) is 0. The molecule has 6 nitrogen and oxygen atoms in total. The van der Waals surface area contributed by atoms with E-state index in [0.717, 1.165) is 11.4 Å². The number of hydrogen-bond donors (Lipinski definition) is 2. The van der Waals surface area contributed by atoms with Gasteiger partial charge in [0, 0.05) is 24.5 Å². The zero-order valence-electron chi connectivity index (χ0n) is 14.5. The molecule has 0 aliphatic carbocycles. The lowest BCUT2D eigenvalue weighted by molar-refractivity contribution is -0.139. The van der Waals surface area contributed by atoms with Crippen molar-refractivity contribution in [2.24, 2.45) is 0 Å². The summed E-state index contributed by atoms with van der Waals surface area (Å²) in [4.78, 5) is 23.1. The van der Waals surface area contributed by atoms with Gasteiger partial charge in [-0.15, -0.1) is 0 Å². The van der Waals surface area contributed by atoms with Gasteiger partial charge in [-0.05, 0) is 41.5 Å². The van der Waals surface area contributed by atoms with Crippen LogP contribution in [-0.4, -0.2) is 38.2 Å². The lowest BCUT2D eigenvalue weighted by Crippen LogP contribution is -2.27. The van der Waals surface area contributed by atoms with Crippen LogP contribution in [0.3, 0.4) is 0 Å². The standard InChI is InChI=1S/C16H28N2O4/c1-7-21-15(19)11(3)13(5)17-9-10-18-14(6)12(4)16(20)22-8-2/h17-18H,7-10H2,1-6H3/b13-11-,14-12+. The maximum absolute atomic E-state index is 11.6. The van der Waals surface area contributed by atoms with E-state index in [1.54, 1.807) is 27.7 Å². The monoisotopic (exact) mass is 312 g/mol. The molecule has 0 saturated heterocycles. The number of ether oxygens (including phenoxy) is 2. The van der Waals surface area contributed by atoms with E-state index in [-0.39, 0.29) is 11.9 Å². The molecule has 126 valence electrons. The zero-order chi connectivity index (χ0) is 17.1. The first-order valence-corrected chi connectivity index (χ1v) is 7.52. The van der Waals surface area contributed by atoms with E-state index < -0.39 is 0 Å². The average Bonchev–Trinajstić information content (AvgIpc) is 2.49. The van der Waals surface area contributed by atoms with Gasteiger partial charge in [-0.1, -0.05) is 0 Å². The highest BCUT2D eigenvalue weighted by molar-refractivity contribution is 5.88. The second-order valence-corrected chi connectivity index (χ2v) is 4.79. The van der Waals surface area contributed by atoms with Crippen LogP contribution in [0, 0.1) is 0 Å². The van der Waals surface area contributed by atoms with Crippen molar-refractivity contribution in [2.45, 2.75) is 41.5 Å². The van der Waals surface area contributed by atoms with Crippen molar-refractivity contribution in [3.05, 3.63) is 22.5 Å². The summed E-state index contributed by atoms with van der Waals surface area (Å²) < 4.78 is 9.88. The molecule has 0 atom stereocenters. The maximum Gasteiger partial charge on any atom is 0.335 e. The first-order chi connectivity index (χ1) is 10.3. The van der Waals surface area contributed by atoms with Gasteiger partial charge in [0.1, 0.15) is 0 Å². The minimum Gasteiger partial charge on any atom is -0.463 e. The number of carbonyl (C=O) groups is 2. The number of rotatable bonds is 9. The molecule has 0 bridgehead atoms. The molecule has 0 saturated carbocycles. The van der Waals surface area contributed by atoms with Crippen molar-refractivity contribution in [3.8, 4) is 0 Å². The van der Waals surface area contributed by atoms with E-state index in [2.05, 4.69) is 10.6 Å². The van der Waals surface area contributed by atoms with Crippen LogP contribution >= 0.6 is 0 Å². The third-order valence-corrected chi connectivity index (χ3v) is 3.19. The summed E-state index contributed by atoms with van der Waals surface area (Å²) in [7, 11) is 0. The van der Waals surface area contributed by atoms with Crippen molar-refractivity contribution in [1.29, 1.82) is 0 Å². The summed E-state index contributed by atoms with van der Waals surface area (Å²) in [6.07, 6.45) is 0. The van der Waals surface area contributed by atoms with Gasteiger partial charge in [-0.25, -0.2) is 9.59 Å². The first-order valence-electron chi connectivity index (χ1n) is 7.52. The van der Waals surface area contributed by atoms with Gasteiger partial charge in [-0.2, -0.15) is 0 Å². The van der Waals surface area contributed by atoms with Crippen LogP contribution < -0.4 is 10.6 Å². The van der Waals surface area contributed by atoms with Crippen molar-refractivity contribution in [1.82, 2.24) is 10.6 Å². The number of esters is 2. The lowest BCUT2D eigenvalue weighted by atomic mass is 10.2. The van der Waals surface area contributed by atoms with Gasteiger partial charge in [0.25, 0.3) is 0 Å². The Bertz CT molecular complexity index is 411. The number of allylic oxidation sites excluding steroid dienone is 2. The third-order valence-electron chi connectivity index (χ3n) is 3.19. The van der Waals surface area contributed by atoms with E-state index in [0.29, 0.717) is 37.4 Å². The quantitative estimate of drug-likeness (QED) is 0.384. The maximum atomic E-state index is 11.6. The normalized spacial score (nSPS) is 12.8. The molecule has 0 amide bonds. The number of carbonyl (C=O) groups excluding carboxylic acids is 2. The second-order valence-electron chi connectivity index (χ2n) is 4.79. The topological polar surface area (TPSA) is 76.7 Å². The van der Waals surface area contributed by atoms with E-state index in [4.69, 9.17) is 9.47 Å². The Hall–Kier alpha value is -1.98. The Balaban J connectivity index is 4.32. The van der Waals surface area contributed by atoms with Crippen LogP contribution in [0.15, 0.2) is 22.5 Å². The molecule has 6 heteroatoms. The van der Waals surface area contributed by atoms with Gasteiger partial charge < -0.3 is 20.1 Å². The van der Waals surface area contributed by atoms with Crippen LogP contribution in [-0.2, 0) is 19.1 Å². The SMILES string of the molecule is CCOC(=O)/C(C)=C(/C)NCCN/C(C)=C(\C)C(=O)OCC. The van der Waals surface area contributed by atoms with Gasteiger partial charge >= 0.3 is 11.9 Å². The molecule has 22 heavy (non-hydrogen) atoms. The third kappa shape index (κ3) is 7.15. The highest BCUT2D eigenvalue weighted by Crippen LogP contribution is 2.03. The lowest BCUT2D eigenvalue weighted by Gasteiger charge is -2.13. The molecule has 0 radical (unpaired) electrons. The summed E-state index contributed by atoms with van der Waals surface area (Å²) in [6.45, 7) is 12.6. The minimum atomic E-state index is -0.310. The van der Waals surface area contributed by atoms with Gasteiger partial charge in [0.2, 0.25) is 0 Å². The fourth-order valence-electron chi connectivity index (χ4n) is 1.55. The minimum absolute atomic E-state index is 0.310. The summed E-state index contributed by atoms with van der Waals surface area (Å²) >= 11 is 0. The predicted molar refractivity (Wildman–Crippen MR) is 86.0 cm³/mol. The molecule has 0 unspecified atom stereocenters. The van der Waals surface area contributed by atoms with E-state index in [1.165, 1.54) is 0 Å². The Labute approximate surface area is 132 Å². The van der Waals surface area contributed by atoms with Crippen molar-refractivity contribution < 1.29 is 19.1 Å². The van der Waals surface area contributed by atoms with Gasteiger partial charge in [0.15, 0.2) is 0 Å². The second kappa shape index (κ2) is 10.7. The molecule has 2 N–H and O–H groups in total. The highest BCUT2D eigenvalue weighted by Gasteiger charge is 2.09. The van der Waals surface area contributed by atoms with E-state index >= 15 is 0 Å². The van der Waals surface area contributed by atoms with Crippen LogP contribution in [0.5, 0.6) is 0 Å². The smallest absolute Gasteiger partial charge is 0.335 e. The summed E-state index contributed by atoms with van der Waals surface area (Å²) in [5.41, 5.74) is 2.70. The Kier molecular flexibility index (Phi) is 9.74. The summed E-state index contributed by atoms with van der Waals surface area (Å²) in [5.74, 6) is -0.621. The highest BCUT2D eigenvalue weighted by atomic mass is 16.5. The van der Waals surface area contributed by atoms with Crippen LogP contribution in [0.25, 0.3) is 0 Å². The van der Waals surface area contributed by atoms with Gasteiger partial charge in [0.05, 0.1) is 24.4 Å². The zero-order valence-corrected chi connectivity index (χ0v) is 14.5. The Morgan fingerprint density at radius 2 is 1.05 bits per heavy atom. The molecular weight excluding hydrogens is 284 g/mol. The fraction of sp³-hybridized carbons (Fsp3) is 0.625. The van der Waals surface area contributed by atoms with Crippen molar-refractivity contribution >= 4 is 11.9 Å². The van der Waals surface area contributed by atoms with E-state index in [9.17, 15) is 9.59 Å².